The number of aromatic nitrogens is 7. The lowest BCUT2D eigenvalue weighted by molar-refractivity contribution is -0.141. The highest BCUT2D eigenvalue weighted by atomic mass is 35.5. The van der Waals surface area contributed by atoms with Crippen LogP contribution >= 0.6 is 11.6 Å². The molecular weight excluding hydrogens is 535 g/mol. The van der Waals surface area contributed by atoms with Gasteiger partial charge in [0, 0.05) is 17.3 Å². The van der Waals surface area contributed by atoms with Gasteiger partial charge in [0.05, 0.1) is 22.0 Å². The van der Waals surface area contributed by atoms with Gasteiger partial charge in [-0.25, -0.2) is 32.3 Å². The predicted octanol–water partition coefficient (Wildman–Crippen LogP) is 3.59. The number of pyridine rings is 1. The van der Waals surface area contributed by atoms with E-state index in [1.165, 1.54) is 42.2 Å². The van der Waals surface area contributed by atoms with E-state index >= 15 is 0 Å². The summed E-state index contributed by atoms with van der Waals surface area (Å²) >= 11 is 5.90. The lowest BCUT2D eigenvalue weighted by Gasteiger charge is -2.10. The van der Waals surface area contributed by atoms with Crippen molar-refractivity contribution in [2.24, 2.45) is 0 Å². The smallest absolute Gasteiger partial charge is 0.249 e. The number of alkyl halides is 3. The van der Waals surface area contributed by atoms with E-state index in [0.29, 0.717) is 10.7 Å². The van der Waals surface area contributed by atoms with Crippen molar-refractivity contribution in [2.75, 3.05) is 5.75 Å². The molecule has 0 saturated heterocycles. The molecule has 0 amide bonds. The fourth-order valence-corrected chi connectivity index (χ4v) is 4.69. The van der Waals surface area contributed by atoms with Gasteiger partial charge in [-0.05, 0) is 42.5 Å². The van der Waals surface area contributed by atoms with Gasteiger partial charge in [0.2, 0.25) is 0 Å². The first-order valence-electron chi connectivity index (χ1n) is 10.6. The van der Waals surface area contributed by atoms with Crippen LogP contribution in [0.15, 0.2) is 70.7 Å². The summed E-state index contributed by atoms with van der Waals surface area (Å²) in [5.74, 6) is -0.284. The van der Waals surface area contributed by atoms with Crippen LogP contribution in [0, 0.1) is 0 Å². The van der Waals surface area contributed by atoms with Gasteiger partial charge in [-0.3, -0.25) is 0 Å². The Morgan fingerprint density at radius 1 is 1.03 bits per heavy atom. The highest BCUT2D eigenvalue weighted by molar-refractivity contribution is 7.91. The average Bonchev–Trinajstić information content (AvgIpc) is 3.47. The summed E-state index contributed by atoms with van der Waals surface area (Å²) in [4.78, 5) is 21.4. The Balaban J connectivity index is 1.67. The number of fused-ring (bicyclic) bond motifs is 1. The first kappa shape index (κ1) is 24.6. The minimum Gasteiger partial charge on any atom is -0.249 e. The van der Waals surface area contributed by atoms with E-state index in [2.05, 4.69) is 20.2 Å². The van der Waals surface area contributed by atoms with Crippen molar-refractivity contribution < 1.29 is 21.6 Å². The Morgan fingerprint density at radius 3 is 2.43 bits per heavy atom. The van der Waals surface area contributed by atoms with Crippen molar-refractivity contribution in [3.63, 3.8) is 0 Å². The third kappa shape index (κ3) is 4.49. The molecule has 5 aromatic rings. The second-order valence-electron chi connectivity index (χ2n) is 7.73. The van der Waals surface area contributed by atoms with Gasteiger partial charge >= 0.3 is 11.9 Å². The monoisotopic (exact) mass is 549 g/mol. The van der Waals surface area contributed by atoms with Crippen molar-refractivity contribution in [3.05, 3.63) is 82.3 Å². The summed E-state index contributed by atoms with van der Waals surface area (Å²) in [6.45, 7) is 1.44. The van der Waals surface area contributed by atoms with Gasteiger partial charge in [0.25, 0.3) is 0 Å². The molecule has 37 heavy (non-hydrogen) atoms. The first-order chi connectivity index (χ1) is 17.5. The molecule has 0 aliphatic carbocycles. The molecule has 0 N–H and O–H groups in total. The molecule has 4 aromatic heterocycles. The maximum atomic E-state index is 13.1. The van der Waals surface area contributed by atoms with Gasteiger partial charge < -0.3 is 0 Å². The van der Waals surface area contributed by atoms with E-state index in [0.717, 1.165) is 15.3 Å². The van der Waals surface area contributed by atoms with Crippen LogP contribution in [0.2, 0.25) is 5.02 Å². The fourth-order valence-electron chi connectivity index (χ4n) is 3.53. The zero-order valence-electron chi connectivity index (χ0n) is 18.8. The summed E-state index contributed by atoms with van der Waals surface area (Å²) in [6.07, 6.45) is -2.21. The van der Waals surface area contributed by atoms with E-state index in [9.17, 15) is 26.4 Å². The zero-order chi connectivity index (χ0) is 26.5. The van der Waals surface area contributed by atoms with Crippen LogP contribution in [-0.4, -0.2) is 48.1 Å². The first-order valence-corrected chi connectivity index (χ1v) is 12.6. The molecule has 0 atom stereocenters. The van der Waals surface area contributed by atoms with Gasteiger partial charge in [0.15, 0.2) is 27.0 Å². The van der Waals surface area contributed by atoms with E-state index in [4.69, 9.17) is 11.6 Å². The lowest BCUT2D eigenvalue weighted by atomic mass is 10.2. The number of halogens is 4. The van der Waals surface area contributed by atoms with Crippen LogP contribution in [0.4, 0.5) is 13.2 Å². The molecule has 1 aromatic carbocycles. The van der Waals surface area contributed by atoms with Gasteiger partial charge in [-0.1, -0.05) is 18.5 Å². The van der Waals surface area contributed by atoms with Gasteiger partial charge in [0.1, 0.15) is 12.0 Å². The SMILES string of the molecule is CCS(=O)(=O)c1ccc(-n2ncn(-c3ccc(Cl)cc3)c2=O)nc1-c1ccn2nc(C(F)(F)F)cc2n1. The molecule has 0 bridgehead atoms. The molecule has 0 fully saturated rings. The Hall–Kier alpha value is -4.04. The molecule has 0 aliphatic heterocycles. The maximum Gasteiger partial charge on any atom is 0.435 e. The van der Waals surface area contributed by atoms with Crippen LogP contribution in [0.5, 0.6) is 0 Å². The number of nitrogens with zero attached hydrogens (tertiary/aromatic N) is 7. The van der Waals surface area contributed by atoms with E-state index in [1.807, 2.05) is 0 Å². The Kier molecular flexibility index (Phi) is 5.87. The molecule has 0 spiro atoms. The van der Waals surface area contributed by atoms with Crippen molar-refractivity contribution in [1.82, 2.24) is 33.9 Å². The van der Waals surface area contributed by atoms with Crippen molar-refractivity contribution in [1.29, 1.82) is 0 Å². The second kappa shape index (κ2) is 8.81. The zero-order valence-corrected chi connectivity index (χ0v) is 20.3. The second-order valence-corrected chi connectivity index (χ2v) is 10.4. The van der Waals surface area contributed by atoms with Crippen LogP contribution < -0.4 is 5.69 Å². The maximum absolute atomic E-state index is 13.1. The summed E-state index contributed by atoms with van der Waals surface area (Å²) in [5, 5.41) is 8.00. The van der Waals surface area contributed by atoms with Crippen molar-refractivity contribution in [3.8, 4) is 22.9 Å². The Labute approximate surface area is 211 Å². The molecule has 5 rings (SSSR count). The number of hydrogen-bond acceptors (Lipinski definition) is 7. The third-order valence-corrected chi connectivity index (χ3v) is 7.42. The Morgan fingerprint density at radius 2 is 1.76 bits per heavy atom. The normalized spacial score (nSPS) is 12.4. The van der Waals surface area contributed by atoms with E-state index in [-0.39, 0.29) is 33.5 Å². The van der Waals surface area contributed by atoms with Crippen LogP contribution in [0.1, 0.15) is 12.6 Å². The molecule has 0 unspecified atom stereocenters. The summed E-state index contributed by atoms with van der Waals surface area (Å²) in [7, 11) is -3.83. The molecule has 0 saturated carbocycles. The largest absolute Gasteiger partial charge is 0.435 e. The van der Waals surface area contributed by atoms with Crippen LogP contribution in [0.3, 0.4) is 0 Å². The summed E-state index contributed by atoms with van der Waals surface area (Å²) in [5.41, 5.74) is -1.61. The van der Waals surface area contributed by atoms with Gasteiger partial charge in [-0.2, -0.15) is 28.1 Å². The topological polar surface area (TPSA) is 117 Å². The van der Waals surface area contributed by atoms with Crippen molar-refractivity contribution in [2.45, 2.75) is 18.0 Å². The fraction of sp³-hybridized carbons (Fsp3) is 0.136. The lowest BCUT2D eigenvalue weighted by Crippen LogP contribution is -2.23. The molecular formula is C22H15ClF3N7O3S. The standard InChI is InChI=1S/C22H15ClF3N7O3S/c1-2-37(35,36)16-7-8-18(33-21(34)31(12-27-33)14-5-3-13(23)4-6-14)29-20(16)15-9-10-32-19(28-15)11-17(30-32)22(24,25)26/h3-12H,2H2,1H3. The van der Waals surface area contributed by atoms with Crippen LogP contribution in [-0.2, 0) is 16.0 Å². The van der Waals surface area contributed by atoms with Gasteiger partial charge in [-0.15, -0.1) is 0 Å². The average molecular weight is 550 g/mol. The molecule has 15 heteroatoms. The summed E-state index contributed by atoms with van der Waals surface area (Å²) in [6, 6.07) is 11.0. The number of benzene rings is 1. The molecule has 190 valence electrons. The molecule has 0 aliphatic rings. The van der Waals surface area contributed by atoms with E-state index < -0.39 is 27.4 Å². The predicted molar refractivity (Wildman–Crippen MR) is 127 cm³/mol. The molecule has 4 heterocycles. The molecule has 10 nitrogen and oxygen atoms in total. The number of rotatable bonds is 5. The number of sulfone groups is 1. The van der Waals surface area contributed by atoms with Crippen molar-refractivity contribution >= 4 is 27.1 Å². The molecule has 0 radical (unpaired) electrons. The Bertz CT molecular complexity index is 1810. The minimum absolute atomic E-state index is 0.0195. The quantitative estimate of drug-likeness (QED) is 0.329. The van der Waals surface area contributed by atoms with Crippen LogP contribution in [0.25, 0.3) is 28.5 Å². The number of hydrogen-bond donors (Lipinski definition) is 0. The highest BCUT2D eigenvalue weighted by Crippen LogP contribution is 2.30. The minimum atomic E-state index is -4.69. The van der Waals surface area contributed by atoms with E-state index in [1.54, 1.807) is 24.3 Å². The highest BCUT2D eigenvalue weighted by Gasteiger charge is 2.34. The summed E-state index contributed by atoms with van der Waals surface area (Å²) < 4.78 is 68.0. The third-order valence-electron chi connectivity index (χ3n) is 5.41.